The van der Waals surface area contributed by atoms with Crippen LogP contribution in [-0.2, 0) is 14.3 Å². The molecule has 6 heteroatoms. The number of aliphatic hydroxyl groups excluding tert-OH is 2. The van der Waals surface area contributed by atoms with Crippen LogP contribution in [-0.4, -0.2) is 47.4 Å². The number of esters is 1. The topological polar surface area (TPSA) is 95.9 Å². The summed E-state index contributed by atoms with van der Waals surface area (Å²) < 4.78 is 5.47. The Hall–Kier alpha value is -1.40. The van der Waals surface area contributed by atoms with Gasteiger partial charge in [-0.1, -0.05) is 360 Å². The number of carbonyl (C=O) groups excluding carboxylic acids is 2. The molecule has 3 N–H and O–H groups in total. The summed E-state index contributed by atoms with van der Waals surface area (Å²) in [4.78, 5) is 24.5. The van der Waals surface area contributed by atoms with Crippen molar-refractivity contribution in [3.05, 3.63) is 12.2 Å². The van der Waals surface area contributed by atoms with Gasteiger partial charge in [-0.05, 0) is 32.1 Å². The van der Waals surface area contributed by atoms with Crippen molar-refractivity contribution < 1.29 is 24.5 Å². The molecular formula is C69H135NO5. The Morgan fingerprint density at radius 3 is 0.907 bits per heavy atom. The molecule has 0 fully saturated rings. The minimum atomic E-state index is -0.842. The molecule has 2 atom stereocenters. The van der Waals surface area contributed by atoms with Crippen molar-refractivity contribution in [2.45, 2.75) is 405 Å². The normalized spacial score (nSPS) is 12.5. The van der Waals surface area contributed by atoms with Crippen LogP contribution in [0.15, 0.2) is 12.2 Å². The summed E-state index contributed by atoms with van der Waals surface area (Å²) >= 11 is 0. The maximum atomic E-state index is 12.5. The van der Waals surface area contributed by atoms with Crippen LogP contribution in [0.3, 0.4) is 0 Å². The minimum Gasteiger partial charge on any atom is -0.466 e. The molecule has 0 aromatic carbocycles. The lowest BCUT2D eigenvalue weighted by Gasteiger charge is -2.20. The summed E-state index contributed by atoms with van der Waals surface area (Å²) in [5.41, 5.74) is 0. The molecule has 0 heterocycles. The van der Waals surface area contributed by atoms with Crippen molar-refractivity contribution in [1.29, 1.82) is 0 Å². The van der Waals surface area contributed by atoms with Gasteiger partial charge in [-0.25, -0.2) is 0 Å². The van der Waals surface area contributed by atoms with E-state index in [1.807, 2.05) is 6.08 Å². The standard InChI is InChI=1S/C69H135NO5/c1-3-5-7-9-11-13-15-16-17-18-19-29-32-35-38-42-45-49-53-57-61-67(72)66(65-71)70-68(73)62-58-54-50-46-43-39-36-33-30-27-25-23-21-20-22-24-26-28-31-34-37-40-44-48-52-56-60-64-75-69(74)63-59-55-51-47-41-14-12-10-8-6-4-2/h57,61,66-67,71-72H,3-56,58-60,62-65H2,1-2H3,(H,70,73)/b61-57+. The van der Waals surface area contributed by atoms with Gasteiger partial charge in [-0.15, -0.1) is 0 Å². The van der Waals surface area contributed by atoms with Gasteiger partial charge in [0, 0.05) is 12.8 Å². The van der Waals surface area contributed by atoms with Crippen LogP contribution in [0, 0.1) is 0 Å². The van der Waals surface area contributed by atoms with Crippen LogP contribution in [0.25, 0.3) is 0 Å². The second-order valence-electron chi connectivity index (χ2n) is 23.9. The molecule has 0 aliphatic rings. The van der Waals surface area contributed by atoms with E-state index in [-0.39, 0.29) is 18.5 Å². The highest BCUT2D eigenvalue weighted by Crippen LogP contribution is 2.19. The van der Waals surface area contributed by atoms with E-state index in [0.29, 0.717) is 19.4 Å². The average Bonchev–Trinajstić information content (AvgIpc) is 3.41. The van der Waals surface area contributed by atoms with Crippen LogP contribution in [0.4, 0.5) is 0 Å². The molecule has 0 saturated carbocycles. The fourth-order valence-electron chi connectivity index (χ4n) is 11.1. The first kappa shape index (κ1) is 73.6. The zero-order valence-corrected chi connectivity index (χ0v) is 51.1. The van der Waals surface area contributed by atoms with Crippen molar-refractivity contribution >= 4 is 11.9 Å². The van der Waals surface area contributed by atoms with E-state index in [4.69, 9.17) is 4.74 Å². The van der Waals surface area contributed by atoms with Crippen molar-refractivity contribution in [2.75, 3.05) is 13.2 Å². The molecule has 0 aliphatic carbocycles. The molecule has 446 valence electrons. The molecule has 0 rings (SSSR count). The molecule has 0 bridgehead atoms. The van der Waals surface area contributed by atoms with E-state index in [1.54, 1.807) is 6.08 Å². The van der Waals surface area contributed by atoms with Gasteiger partial charge < -0.3 is 20.3 Å². The van der Waals surface area contributed by atoms with E-state index < -0.39 is 12.1 Å². The highest BCUT2D eigenvalue weighted by molar-refractivity contribution is 5.76. The summed E-state index contributed by atoms with van der Waals surface area (Å²) in [7, 11) is 0. The molecule has 0 saturated heterocycles. The van der Waals surface area contributed by atoms with Gasteiger partial charge in [0.15, 0.2) is 0 Å². The molecule has 2 unspecified atom stereocenters. The lowest BCUT2D eigenvalue weighted by atomic mass is 10.0. The van der Waals surface area contributed by atoms with Gasteiger partial charge in [0.1, 0.15) is 0 Å². The lowest BCUT2D eigenvalue weighted by molar-refractivity contribution is -0.143. The first-order valence-corrected chi connectivity index (χ1v) is 34.5. The highest BCUT2D eigenvalue weighted by atomic mass is 16.5. The third-order valence-electron chi connectivity index (χ3n) is 16.3. The number of unbranched alkanes of at least 4 members (excludes halogenated alkanes) is 54. The van der Waals surface area contributed by atoms with Gasteiger partial charge in [-0.3, -0.25) is 9.59 Å². The fraction of sp³-hybridized carbons (Fsp3) is 0.942. The SMILES string of the molecule is CCCCCCCCCCCCCCCCCCCC/C=C/C(O)C(CO)NC(=O)CCCCCCCCCCCCCCCCCCCCCCCCCCCCCOC(=O)CCCCCCCCCCCCC. The van der Waals surface area contributed by atoms with Crippen LogP contribution in [0.5, 0.6) is 0 Å². The Morgan fingerprint density at radius 2 is 0.613 bits per heavy atom. The van der Waals surface area contributed by atoms with E-state index in [0.717, 1.165) is 38.5 Å². The first-order valence-electron chi connectivity index (χ1n) is 34.5. The Morgan fingerprint density at radius 1 is 0.360 bits per heavy atom. The zero-order chi connectivity index (χ0) is 54.3. The van der Waals surface area contributed by atoms with Crippen LogP contribution in [0.2, 0.25) is 0 Å². The molecule has 0 aromatic heterocycles. The molecule has 6 nitrogen and oxygen atoms in total. The predicted octanol–water partition coefficient (Wildman–Crippen LogP) is 22.0. The van der Waals surface area contributed by atoms with Gasteiger partial charge in [0.2, 0.25) is 5.91 Å². The molecule has 75 heavy (non-hydrogen) atoms. The largest absolute Gasteiger partial charge is 0.466 e. The number of rotatable bonds is 65. The van der Waals surface area contributed by atoms with Crippen molar-refractivity contribution in [3.8, 4) is 0 Å². The summed E-state index contributed by atoms with van der Waals surface area (Å²) in [6.07, 6.45) is 80.0. The van der Waals surface area contributed by atoms with Crippen LogP contribution < -0.4 is 5.32 Å². The molecular weight excluding hydrogens is 923 g/mol. The maximum Gasteiger partial charge on any atom is 0.305 e. The Labute approximate surface area is 469 Å². The van der Waals surface area contributed by atoms with Gasteiger partial charge in [0.05, 0.1) is 25.4 Å². The number of nitrogens with one attached hydrogen (secondary N) is 1. The summed E-state index contributed by atoms with van der Waals surface area (Å²) in [6, 6.07) is -0.626. The van der Waals surface area contributed by atoms with Crippen molar-refractivity contribution in [3.63, 3.8) is 0 Å². The van der Waals surface area contributed by atoms with Crippen molar-refractivity contribution in [2.24, 2.45) is 0 Å². The number of hydrogen-bond donors (Lipinski definition) is 3. The number of aliphatic hydroxyl groups is 2. The van der Waals surface area contributed by atoms with Crippen molar-refractivity contribution in [1.82, 2.24) is 5.32 Å². The van der Waals surface area contributed by atoms with Crippen LogP contribution in [0.1, 0.15) is 393 Å². The Balaban J connectivity index is 3.37. The lowest BCUT2D eigenvalue weighted by Crippen LogP contribution is -2.45. The first-order chi connectivity index (χ1) is 37.0. The third kappa shape index (κ3) is 61.7. The number of carbonyl (C=O) groups is 2. The maximum absolute atomic E-state index is 12.5. The highest BCUT2D eigenvalue weighted by Gasteiger charge is 2.18. The van der Waals surface area contributed by atoms with Gasteiger partial charge in [0.25, 0.3) is 0 Å². The van der Waals surface area contributed by atoms with E-state index >= 15 is 0 Å². The smallest absolute Gasteiger partial charge is 0.305 e. The summed E-state index contributed by atoms with van der Waals surface area (Å²) in [5, 5.41) is 23.2. The van der Waals surface area contributed by atoms with E-state index in [9.17, 15) is 19.8 Å². The zero-order valence-electron chi connectivity index (χ0n) is 51.1. The minimum absolute atomic E-state index is 0.0182. The molecule has 0 aliphatic heterocycles. The molecule has 1 amide bonds. The quantitative estimate of drug-likeness (QED) is 0.0320. The predicted molar refractivity (Wildman–Crippen MR) is 329 cm³/mol. The van der Waals surface area contributed by atoms with E-state index in [2.05, 4.69) is 19.2 Å². The number of amides is 1. The van der Waals surface area contributed by atoms with Gasteiger partial charge in [-0.2, -0.15) is 0 Å². The fourth-order valence-corrected chi connectivity index (χ4v) is 11.1. The molecule has 0 spiro atoms. The Bertz CT molecular complexity index is 1130. The average molecular weight is 1060 g/mol. The summed E-state index contributed by atoms with van der Waals surface area (Å²) in [5.74, 6) is -0.0428. The third-order valence-corrected chi connectivity index (χ3v) is 16.3. The molecule has 0 aromatic rings. The number of allylic oxidation sites excluding steroid dienone is 1. The second-order valence-corrected chi connectivity index (χ2v) is 23.9. The number of hydrogen-bond acceptors (Lipinski definition) is 5. The van der Waals surface area contributed by atoms with Crippen LogP contribution >= 0.6 is 0 Å². The van der Waals surface area contributed by atoms with Gasteiger partial charge >= 0.3 is 5.97 Å². The molecule has 0 radical (unpaired) electrons. The second kappa shape index (κ2) is 65.1. The summed E-state index contributed by atoms with van der Waals surface area (Å²) in [6.45, 7) is 4.94. The monoisotopic (exact) mass is 1060 g/mol. The number of ether oxygens (including phenoxy) is 1. The van der Waals surface area contributed by atoms with E-state index in [1.165, 1.54) is 327 Å². The Kier molecular flexibility index (Phi) is 63.9.